The average Bonchev–Trinajstić information content (AvgIpc) is 2.55. The summed E-state index contributed by atoms with van der Waals surface area (Å²) in [4.78, 5) is 12.0. The van der Waals surface area contributed by atoms with E-state index in [0.29, 0.717) is 6.42 Å². The minimum absolute atomic E-state index is 0.0204. The molecule has 100 valence electrons. The van der Waals surface area contributed by atoms with Gasteiger partial charge in [0.15, 0.2) is 0 Å². The summed E-state index contributed by atoms with van der Waals surface area (Å²) in [5, 5.41) is 7.16. The topological polar surface area (TPSA) is 46.9 Å². The average molecular weight is 257 g/mol. The van der Waals surface area contributed by atoms with Crippen LogP contribution in [-0.2, 0) is 18.3 Å². The molecule has 0 radical (unpaired) electrons. The molecule has 0 saturated heterocycles. The molecule has 0 aliphatic heterocycles. The summed E-state index contributed by atoms with van der Waals surface area (Å²) in [6.07, 6.45) is 0.338. The van der Waals surface area contributed by atoms with Crippen molar-refractivity contribution in [2.45, 2.75) is 27.2 Å². The van der Waals surface area contributed by atoms with Crippen LogP contribution in [0.25, 0.3) is 0 Å². The van der Waals surface area contributed by atoms with Gasteiger partial charge in [0.05, 0.1) is 12.1 Å². The summed E-state index contributed by atoms with van der Waals surface area (Å²) >= 11 is 0. The molecule has 4 heteroatoms. The highest BCUT2D eigenvalue weighted by Crippen LogP contribution is 2.14. The Kier molecular flexibility index (Phi) is 3.69. The van der Waals surface area contributed by atoms with Crippen LogP contribution in [0.3, 0.4) is 0 Å². The molecule has 0 unspecified atom stereocenters. The molecule has 0 spiro atoms. The first-order chi connectivity index (χ1) is 8.94. The molecule has 19 heavy (non-hydrogen) atoms. The van der Waals surface area contributed by atoms with Gasteiger partial charge in [0.25, 0.3) is 0 Å². The Balaban J connectivity index is 2.07. The molecule has 0 fully saturated rings. The van der Waals surface area contributed by atoms with Crippen molar-refractivity contribution < 1.29 is 4.79 Å². The van der Waals surface area contributed by atoms with Crippen LogP contribution < -0.4 is 5.32 Å². The van der Waals surface area contributed by atoms with Crippen LogP contribution in [0.4, 0.5) is 5.69 Å². The highest BCUT2D eigenvalue weighted by molar-refractivity contribution is 5.92. The summed E-state index contributed by atoms with van der Waals surface area (Å²) in [6.45, 7) is 5.96. The van der Waals surface area contributed by atoms with E-state index in [1.807, 2.05) is 46.0 Å². The van der Waals surface area contributed by atoms with Crippen molar-refractivity contribution in [3.63, 3.8) is 0 Å². The molecule has 4 nitrogen and oxygen atoms in total. The Labute approximate surface area is 113 Å². The fourth-order valence-electron chi connectivity index (χ4n) is 2.25. The number of benzene rings is 1. The Morgan fingerprint density at radius 3 is 2.32 bits per heavy atom. The standard InChI is InChI=1S/C15H19N3O/c1-10-5-11(2)7-13(6-10)16-15(19)9-14-8-12(3)17-18(14)4/h5-8H,9H2,1-4H3,(H,16,19). The highest BCUT2D eigenvalue weighted by atomic mass is 16.1. The second kappa shape index (κ2) is 5.26. The molecule has 0 saturated carbocycles. The number of nitrogens with one attached hydrogen (secondary N) is 1. The van der Waals surface area contributed by atoms with Gasteiger partial charge in [-0.3, -0.25) is 9.48 Å². The lowest BCUT2D eigenvalue weighted by atomic mass is 10.1. The molecule has 1 aromatic carbocycles. The number of hydrogen-bond acceptors (Lipinski definition) is 2. The molecule has 1 aromatic heterocycles. The van der Waals surface area contributed by atoms with Gasteiger partial charge < -0.3 is 5.32 Å². The minimum atomic E-state index is -0.0204. The maximum atomic E-state index is 12.0. The van der Waals surface area contributed by atoms with Gasteiger partial charge in [-0.05, 0) is 50.1 Å². The lowest BCUT2D eigenvalue weighted by Crippen LogP contribution is -2.16. The fraction of sp³-hybridized carbons (Fsp3) is 0.333. The zero-order chi connectivity index (χ0) is 14.0. The van der Waals surface area contributed by atoms with Gasteiger partial charge in [-0.2, -0.15) is 5.10 Å². The van der Waals surface area contributed by atoms with Gasteiger partial charge in [0.2, 0.25) is 5.91 Å². The van der Waals surface area contributed by atoms with E-state index in [9.17, 15) is 4.79 Å². The molecule has 2 aromatic rings. The van der Waals surface area contributed by atoms with Crippen molar-refractivity contribution in [3.05, 3.63) is 46.8 Å². The normalized spacial score (nSPS) is 10.5. The summed E-state index contributed by atoms with van der Waals surface area (Å²) in [5.74, 6) is -0.0204. The number of carbonyl (C=O) groups is 1. The second-order valence-corrected chi connectivity index (χ2v) is 5.00. The number of rotatable bonds is 3. The van der Waals surface area contributed by atoms with Crippen molar-refractivity contribution in [1.82, 2.24) is 9.78 Å². The van der Waals surface area contributed by atoms with Gasteiger partial charge >= 0.3 is 0 Å². The zero-order valence-electron chi connectivity index (χ0n) is 11.8. The molecular formula is C15H19N3O. The lowest BCUT2D eigenvalue weighted by Gasteiger charge is -2.07. The van der Waals surface area contributed by atoms with Crippen molar-refractivity contribution >= 4 is 11.6 Å². The number of aryl methyl sites for hydroxylation is 4. The SMILES string of the molecule is Cc1cc(C)cc(NC(=O)Cc2cc(C)nn2C)c1. The van der Waals surface area contributed by atoms with Crippen LogP contribution >= 0.6 is 0 Å². The predicted octanol–water partition coefficient (Wildman–Crippen LogP) is 2.53. The quantitative estimate of drug-likeness (QED) is 0.918. The van der Waals surface area contributed by atoms with Crippen LogP contribution in [0.5, 0.6) is 0 Å². The molecule has 1 heterocycles. The number of amides is 1. The summed E-state index contributed by atoms with van der Waals surface area (Å²) in [6, 6.07) is 7.96. The second-order valence-electron chi connectivity index (χ2n) is 5.00. The number of aromatic nitrogens is 2. The summed E-state index contributed by atoms with van der Waals surface area (Å²) < 4.78 is 1.75. The molecule has 0 aliphatic carbocycles. The van der Waals surface area contributed by atoms with Crippen molar-refractivity contribution in [1.29, 1.82) is 0 Å². The van der Waals surface area contributed by atoms with Gasteiger partial charge in [-0.15, -0.1) is 0 Å². The van der Waals surface area contributed by atoms with Crippen molar-refractivity contribution in [3.8, 4) is 0 Å². The number of hydrogen-bond donors (Lipinski definition) is 1. The third-order valence-electron chi connectivity index (χ3n) is 2.95. The Morgan fingerprint density at radius 1 is 1.16 bits per heavy atom. The first-order valence-corrected chi connectivity index (χ1v) is 6.32. The molecular weight excluding hydrogens is 238 g/mol. The first-order valence-electron chi connectivity index (χ1n) is 6.32. The van der Waals surface area contributed by atoms with E-state index >= 15 is 0 Å². The highest BCUT2D eigenvalue weighted by Gasteiger charge is 2.09. The maximum Gasteiger partial charge on any atom is 0.230 e. The number of carbonyl (C=O) groups excluding carboxylic acids is 1. The Hall–Kier alpha value is -2.10. The van der Waals surface area contributed by atoms with Crippen LogP contribution in [0.2, 0.25) is 0 Å². The lowest BCUT2D eigenvalue weighted by molar-refractivity contribution is -0.115. The van der Waals surface area contributed by atoms with Crippen LogP contribution in [-0.4, -0.2) is 15.7 Å². The van der Waals surface area contributed by atoms with Crippen molar-refractivity contribution in [2.75, 3.05) is 5.32 Å². The minimum Gasteiger partial charge on any atom is -0.326 e. The first kappa shape index (κ1) is 13.3. The molecule has 0 aliphatic rings. The number of nitrogens with zero attached hydrogens (tertiary/aromatic N) is 2. The van der Waals surface area contributed by atoms with Crippen molar-refractivity contribution in [2.24, 2.45) is 7.05 Å². The zero-order valence-corrected chi connectivity index (χ0v) is 11.8. The van der Waals surface area contributed by atoms with E-state index in [-0.39, 0.29) is 5.91 Å². The molecule has 2 rings (SSSR count). The number of anilines is 1. The van der Waals surface area contributed by atoms with E-state index in [1.165, 1.54) is 0 Å². The predicted molar refractivity (Wildman–Crippen MR) is 76.2 cm³/mol. The summed E-state index contributed by atoms with van der Waals surface area (Å²) in [7, 11) is 1.85. The Bertz CT molecular complexity index is 594. The van der Waals surface area contributed by atoms with Gasteiger partial charge in [-0.25, -0.2) is 0 Å². The van der Waals surface area contributed by atoms with Crippen LogP contribution in [0.1, 0.15) is 22.5 Å². The fourth-order valence-corrected chi connectivity index (χ4v) is 2.25. The third kappa shape index (κ3) is 3.44. The molecule has 0 atom stereocenters. The molecule has 1 amide bonds. The largest absolute Gasteiger partial charge is 0.326 e. The van der Waals surface area contributed by atoms with Gasteiger partial charge in [0.1, 0.15) is 0 Å². The smallest absolute Gasteiger partial charge is 0.230 e. The third-order valence-corrected chi connectivity index (χ3v) is 2.95. The van der Waals surface area contributed by atoms with Gasteiger partial charge in [0, 0.05) is 18.4 Å². The Morgan fingerprint density at radius 2 is 1.79 bits per heavy atom. The van der Waals surface area contributed by atoms with Crippen LogP contribution in [0, 0.1) is 20.8 Å². The van der Waals surface area contributed by atoms with Gasteiger partial charge in [-0.1, -0.05) is 6.07 Å². The summed E-state index contributed by atoms with van der Waals surface area (Å²) in [5.41, 5.74) is 4.98. The van der Waals surface area contributed by atoms with E-state index in [4.69, 9.17) is 0 Å². The monoisotopic (exact) mass is 257 g/mol. The van der Waals surface area contributed by atoms with E-state index in [0.717, 1.165) is 28.2 Å². The van der Waals surface area contributed by atoms with Crippen LogP contribution in [0.15, 0.2) is 24.3 Å². The molecule has 0 bridgehead atoms. The van der Waals surface area contributed by atoms with E-state index in [2.05, 4.69) is 16.5 Å². The molecule has 1 N–H and O–H groups in total. The van der Waals surface area contributed by atoms with E-state index < -0.39 is 0 Å². The maximum absolute atomic E-state index is 12.0. The van der Waals surface area contributed by atoms with E-state index in [1.54, 1.807) is 4.68 Å².